The first-order valence-electron chi connectivity index (χ1n) is 35.5. The van der Waals surface area contributed by atoms with Crippen molar-refractivity contribution in [3.05, 3.63) is 0 Å². The highest BCUT2D eigenvalue weighted by Crippen LogP contribution is 2.45. The van der Waals surface area contributed by atoms with Crippen molar-refractivity contribution in [2.45, 2.75) is 362 Å². The van der Waals surface area contributed by atoms with E-state index in [-0.39, 0.29) is 25.7 Å². The molecular formula is C68H132O17P2. The Bertz CT molecular complexity index is 1700. The molecule has 0 saturated carbocycles. The van der Waals surface area contributed by atoms with Crippen LogP contribution >= 0.6 is 15.6 Å². The number of hydrogen-bond acceptors (Lipinski definition) is 15. The average Bonchev–Trinajstić information content (AvgIpc) is 3.66. The molecular weight excluding hydrogens is 1150 g/mol. The van der Waals surface area contributed by atoms with Crippen molar-refractivity contribution in [2.75, 3.05) is 39.6 Å². The third-order valence-corrected chi connectivity index (χ3v) is 17.6. The van der Waals surface area contributed by atoms with Gasteiger partial charge in [0, 0.05) is 25.7 Å². The number of phosphoric acid groups is 2. The summed E-state index contributed by atoms with van der Waals surface area (Å²) in [5.41, 5.74) is 0. The summed E-state index contributed by atoms with van der Waals surface area (Å²) in [6.07, 6.45) is 44.5. The molecule has 0 radical (unpaired) electrons. The van der Waals surface area contributed by atoms with Crippen LogP contribution in [0.15, 0.2) is 0 Å². The van der Waals surface area contributed by atoms with Crippen LogP contribution in [0.3, 0.4) is 0 Å². The van der Waals surface area contributed by atoms with E-state index < -0.39 is 97.5 Å². The number of carbonyl (C=O) groups excluding carboxylic acids is 4. The van der Waals surface area contributed by atoms with Gasteiger partial charge in [-0.2, -0.15) is 0 Å². The smallest absolute Gasteiger partial charge is 0.462 e. The van der Waals surface area contributed by atoms with E-state index in [9.17, 15) is 43.2 Å². The standard InChI is InChI=1S/C68H132O17P2/c1-7-9-11-13-15-16-27-34-40-46-52-67(72)84-63(56-78-65(70)50-44-38-30-14-12-10-8-2)58-82-86(74,75)80-54-62(69)55-81-87(76,77)83-59-64(85-68(73)53-47-41-35-29-24-20-18-22-26-32-37-43-49-61(5)6)57-79-66(71)51-45-39-33-28-23-19-17-21-25-31-36-42-48-60(3)4/h60-64,69H,7-59H2,1-6H3,(H,74,75)(H,76,77)/t62-,63+,64+/m0/s1. The first kappa shape index (κ1) is 85.1. The van der Waals surface area contributed by atoms with Gasteiger partial charge in [0.2, 0.25) is 0 Å². The number of hydrogen-bond donors (Lipinski definition) is 3. The molecule has 5 atom stereocenters. The molecule has 516 valence electrons. The minimum Gasteiger partial charge on any atom is -0.462 e. The molecule has 0 fully saturated rings. The van der Waals surface area contributed by atoms with E-state index in [1.165, 1.54) is 148 Å². The van der Waals surface area contributed by atoms with Crippen molar-refractivity contribution in [3.63, 3.8) is 0 Å². The van der Waals surface area contributed by atoms with Gasteiger partial charge in [-0.15, -0.1) is 0 Å². The van der Waals surface area contributed by atoms with Crippen LogP contribution < -0.4 is 0 Å². The fourth-order valence-corrected chi connectivity index (χ4v) is 11.8. The number of esters is 4. The van der Waals surface area contributed by atoms with Gasteiger partial charge in [0.25, 0.3) is 0 Å². The second-order valence-electron chi connectivity index (χ2n) is 25.5. The Kier molecular flexibility index (Phi) is 59.0. The molecule has 17 nitrogen and oxygen atoms in total. The fraction of sp³-hybridized carbons (Fsp3) is 0.941. The molecule has 0 saturated heterocycles. The van der Waals surface area contributed by atoms with Gasteiger partial charge >= 0.3 is 39.5 Å². The minimum atomic E-state index is -4.95. The summed E-state index contributed by atoms with van der Waals surface area (Å²) in [7, 11) is -9.89. The first-order chi connectivity index (χ1) is 41.9. The summed E-state index contributed by atoms with van der Waals surface area (Å²) in [6, 6.07) is 0. The Morgan fingerprint density at radius 2 is 0.529 bits per heavy atom. The van der Waals surface area contributed by atoms with Crippen LogP contribution in [0.2, 0.25) is 0 Å². The van der Waals surface area contributed by atoms with Crippen molar-refractivity contribution < 1.29 is 80.2 Å². The SMILES string of the molecule is CCCCCCCCCCCCC(=O)O[C@H](COC(=O)CCCCCCCCC)COP(=O)(O)OC[C@H](O)COP(=O)(O)OC[C@@H](COC(=O)CCCCCCCCCCCCCCC(C)C)OC(=O)CCCCCCCCCCCCCCC(C)C. The van der Waals surface area contributed by atoms with Crippen LogP contribution in [0, 0.1) is 11.8 Å². The van der Waals surface area contributed by atoms with Gasteiger partial charge in [-0.25, -0.2) is 9.13 Å². The van der Waals surface area contributed by atoms with Gasteiger partial charge < -0.3 is 33.8 Å². The highest BCUT2D eigenvalue weighted by Gasteiger charge is 2.30. The predicted molar refractivity (Wildman–Crippen MR) is 349 cm³/mol. The molecule has 0 aromatic heterocycles. The molecule has 87 heavy (non-hydrogen) atoms. The van der Waals surface area contributed by atoms with Gasteiger partial charge in [-0.05, 0) is 37.5 Å². The number of unbranched alkanes of at least 4 members (excludes halogenated alkanes) is 37. The van der Waals surface area contributed by atoms with Gasteiger partial charge in [0.1, 0.15) is 19.3 Å². The Morgan fingerprint density at radius 3 is 0.782 bits per heavy atom. The van der Waals surface area contributed by atoms with Crippen molar-refractivity contribution in [1.82, 2.24) is 0 Å². The number of aliphatic hydroxyl groups is 1. The maximum absolute atomic E-state index is 13.0. The lowest BCUT2D eigenvalue weighted by molar-refractivity contribution is -0.161. The molecule has 0 aliphatic heterocycles. The Labute approximate surface area is 530 Å². The minimum absolute atomic E-state index is 0.106. The summed E-state index contributed by atoms with van der Waals surface area (Å²) in [5, 5.41) is 10.6. The molecule has 0 spiro atoms. The Hall–Kier alpha value is -1.94. The third-order valence-electron chi connectivity index (χ3n) is 15.7. The van der Waals surface area contributed by atoms with Gasteiger partial charge in [-0.1, -0.05) is 292 Å². The van der Waals surface area contributed by atoms with Crippen LogP contribution in [0.1, 0.15) is 343 Å². The van der Waals surface area contributed by atoms with Crippen molar-refractivity contribution in [2.24, 2.45) is 11.8 Å². The van der Waals surface area contributed by atoms with E-state index in [1.54, 1.807) is 0 Å². The lowest BCUT2D eigenvalue weighted by atomic mass is 10.0. The molecule has 0 aliphatic carbocycles. The summed E-state index contributed by atoms with van der Waals surface area (Å²) < 4.78 is 68.1. The van der Waals surface area contributed by atoms with Crippen LogP contribution in [-0.4, -0.2) is 96.7 Å². The maximum Gasteiger partial charge on any atom is 0.472 e. The van der Waals surface area contributed by atoms with Crippen LogP contribution in [-0.2, 0) is 65.4 Å². The Balaban J connectivity index is 5.20. The van der Waals surface area contributed by atoms with Gasteiger partial charge in [0.05, 0.1) is 26.4 Å². The maximum atomic E-state index is 13.0. The lowest BCUT2D eigenvalue weighted by Gasteiger charge is -2.21. The fourth-order valence-electron chi connectivity index (χ4n) is 10.2. The van der Waals surface area contributed by atoms with Gasteiger partial charge in [0.15, 0.2) is 12.2 Å². The largest absolute Gasteiger partial charge is 0.472 e. The molecule has 3 N–H and O–H groups in total. The summed E-state index contributed by atoms with van der Waals surface area (Å²) in [6.45, 7) is 9.51. The molecule has 0 rings (SSSR count). The normalized spacial score (nSPS) is 14.2. The summed E-state index contributed by atoms with van der Waals surface area (Å²) >= 11 is 0. The van der Waals surface area contributed by atoms with Crippen LogP contribution in [0.5, 0.6) is 0 Å². The number of ether oxygens (including phenoxy) is 4. The molecule has 0 heterocycles. The second kappa shape index (κ2) is 60.3. The predicted octanol–water partition coefficient (Wildman–Crippen LogP) is 19.2. The molecule has 0 amide bonds. The molecule has 0 aliphatic rings. The molecule has 0 aromatic rings. The first-order valence-corrected chi connectivity index (χ1v) is 38.5. The number of aliphatic hydroxyl groups excluding tert-OH is 1. The third kappa shape index (κ3) is 62.6. The highest BCUT2D eigenvalue weighted by molar-refractivity contribution is 7.47. The van der Waals surface area contributed by atoms with Crippen molar-refractivity contribution in [3.8, 4) is 0 Å². The van der Waals surface area contributed by atoms with E-state index in [1.807, 2.05) is 0 Å². The summed E-state index contributed by atoms with van der Waals surface area (Å²) in [5.74, 6) is -0.572. The molecule has 0 aromatic carbocycles. The Morgan fingerprint density at radius 1 is 0.310 bits per heavy atom. The average molecular weight is 1280 g/mol. The number of carbonyl (C=O) groups is 4. The van der Waals surface area contributed by atoms with Crippen molar-refractivity contribution in [1.29, 1.82) is 0 Å². The topological polar surface area (TPSA) is 237 Å². The van der Waals surface area contributed by atoms with Crippen LogP contribution in [0.4, 0.5) is 0 Å². The lowest BCUT2D eigenvalue weighted by Crippen LogP contribution is -2.30. The number of rotatable bonds is 67. The zero-order valence-corrected chi connectivity index (χ0v) is 58.1. The monoisotopic (exact) mass is 1280 g/mol. The van der Waals surface area contributed by atoms with E-state index in [4.69, 9.17) is 37.0 Å². The molecule has 19 heteroatoms. The molecule has 0 bridgehead atoms. The van der Waals surface area contributed by atoms with Crippen molar-refractivity contribution >= 4 is 39.5 Å². The van der Waals surface area contributed by atoms with E-state index in [0.29, 0.717) is 25.7 Å². The highest BCUT2D eigenvalue weighted by atomic mass is 31.2. The zero-order chi connectivity index (χ0) is 64.3. The van der Waals surface area contributed by atoms with E-state index >= 15 is 0 Å². The number of phosphoric ester groups is 2. The van der Waals surface area contributed by atoms with Gasteiger partial charge in [-0.3, -0.25) is 37.3 Å². The zero-order valence-electron chi connectivity index (χ0n) is 56.3. The molecule has 2 unspecified atom stereocenters. The quantitative estimate of drug-likeness (QED) is 0.0222. The summed E-state index contributed by atoms with van der Waals surface area (Å²) in [4.78, 5) is 72.3. The van der Waals surface area contributed by atoms with Crippen LogP contribution in [0.25, 0.3) is 0 Å². The van der Waals surface area contributed by atoms with E-state index in [2.05, 4.69) is 41.5 Å². The second-order valence-corrected chi connectivity index (χ2v) is 28.4. The van der Waals surface area contributed by atoms with E-state index in [0.717, 1.165) is 115 Å².